The lowest BCUT2D eigenvalue weighted by Gasteiger charge is -2.36. The molecule has 3 heteroatoms. The average Bonchev–Trinajstić information content (AvgIpc) is 2.54. The van der Waals surface area contributed by atoms with E-state index in [4.69, 9.17) is 11.6 Å². The van der Waals surface area contributed by atoms with E-state index in [1.807, 2.05) is 36.1 Å². The number of halogens is 1. The van der Waals surface area contributed by atoms with Crippen molar-refractivity contribution in [3.05, 3.63) is 46.5 Å². The first-order chi connectivity index (χ1) is 10.7. The van der Waals surface area contributed by atoms with Gasteiger partial charge in [0, 0.05) is 23.7 Å². The molecule has 0 saturated heterocycles. The molecule has 22 heavy (non-hydrogen) atoms. The fraction of sp³-hybridized carbons (Fsp3) is 0.526. The van der Waals surface area contributed by atoms with Gasteiger partial charge in [0.15, 0.2) is 0 Å². The SMILES string of the molecule is CCN(Cc1ccccc1Cl)C(=O)C1=CCC2CCCC1C2. The largest absolute Gasteiger partial charge is 0.335 e. The molecule has 1 aromatic carbocycles. The van der Waals surface area contributed by atoms with Crippen molar-refractivity contribution in [2.45, 2.75) is 45.6 Å². The van der Waals surface area contributed by atoms with Crippen molar-refractivity contribution in [1.29, 1.82) is 0 Å². The highest BCUT2D eigenvalue weighted by atomic mass is 35.5. The summed E-state index contributed by atoms with van der Waals surface area (Å²) in [4.78, 5) is 14.9. The highest BCUT2D eigenvalue weighted by molar-refractivity contribution is 6.31. The third-order valence-corrected chi connectivity index (χ3v) is 5.50. The average molecular weight is 318 g/mol. The number of benzene rings is 1. The van der Waals surface area contributed by atoms with Crippen molar-refractivity contribution in [2.24, 2.45) is 11.8 Å². The maximum atomic E-state index is 13.0. The second-order valence-electron chi connectivity index (χ2n) is 6.54. The number of hydrogen-bond donors (Lipinski definition) is 0. The molecule has 3 rings (SSSR count). The van der Waals surface area contributed by atoms with Gasteiger partial charge in [-0.05, 0) is 49.7 Å². The fourth-order valence-corrected chi connectivity index (χ4v) is 4.05. The second-order valence-corrected chi connectivity index (χ2v) is 6.94. The number of likely N-dealkylation sites (N-methyl/N-ethyl adjacent to an activating group) is 1. The molecule has 0 aromatic heterocycles. The minimum atomic E-state index is 0.216. The third-order valence-electron chi connectivity index (χ3n) is 5.13. The van der Waals surface area contributed by atoms with E-state index >= 15 is 0 Å². The van der Waals surface area contributed by atoms with Crippen LogP contribution >= 0.6 is 11.6 Å². The van der Waals surface area contributed by atoms with Crippen molar-refractivity contribution in [3.8, 4) is 0 Å². The molecule has 0 spiro atoms. The summed E-state index contributed by atoms with van der Waals surface area (Å²) in [6, 6.07) is 7.80. The lowest BCUT2D eigenvalue weighted by molar-refractivity contribution is -0.128. The first kappa shape index (κ1) is 15.6. The van der Waals surface area contributed by atoms with Crippen LogP contribution in [-0.2, 0) is 11.3 Å². The predicted octanol–water partition coefficient (Wildman–Crippen LogP) is 4.83. The molecular weight excluding hydrogens is 294 g/mol. The van der Waals surface area contributed by atoms with Gasteiger partial charge >= 0.3 is 0 Å². The van der Waals surface area contributed by atoms with Crippen molar-refractivity contribution in [2.75, 3.05) is 6.54 Å². The van der Waals surface area contributed by atoms with Gasteiger partial charge in [0.05, 0.1) is 0 Å². The summed E-state index contributed by atoms with van der Waals surface area (Å²) in [7, 11) is 0. The van der Waals surface area contributed by atoms with E-state index in [9.17, 15) is 4.79 Å². The van der Waals surface area contributed by atoms with E-state index in [0.29, 0.717) is 12.5 Å². The molecule has 0 heterocycles. The number of carbonyl (C=O) groups excluding carboxylic acids is 1. The zero-order chi connectivity index (χ0) is 15.5. The zero-order valence-corrected chi connectivity index (χ0v) is 14.0. The van der Waals surface area contributed by atoms with Gasteiger partial charge in [-0.15, -0.1) is 0 Å². The minimum Gasteiger partial charge on any atom is -0.335 e. The smallest absolute Gasteiger partial charge is 0.250 e. The maximum absolute atomic E-state index is 13.0. The lowest BCUT2D eigenvalue weighted by atomic mass is 9.72. The third kappa shape index (κ3) is 3.22. The minimum absolute atomic E-state index is 0.216. The normalized spacial score (nSPS) is 23.8. The molecule has 1 fully saturated rings. The van der Waals surface area contributed by atoms with Gasteiger partial charge in [-0.2, -0.15) is 0 Å². The molecule has 2 unspecified atom stereocenters. The first-order valence-corrected chi connectivity index (χ1v) is 8.79. The van der Waals surface area contributed by atoms with Gasteiger partial charge in [-0.3, -0.25) is 4.79 Å². The summed E-state index contributed by atoms with van der Waals surface area (Å²) in [5.74, 6) is 1.52. The molecule has 2 bridgehead atoms. The number of nitrogens with zero attached hydrogens (tertiary/aromatic N) is 1. The van der Waals surface area contributed by atoms with Gasteiger partial charge in [-0.1, -0.05) is 48.7 Å². The van der Waals surface area contributed by atoms with Crippen LogP contribution < -0.4 is 0 Å². The van der Waals surface area contributed by atoms with Gasteiger partial charge < -0.3 is 4.90 Å². The summed E-state index contributed by atoms with van der Waals surface area (Å²) in [5, 5.41) is 0.740. The van der Waals surface area contributed by atoms with Crippen molar-refractivity contribution < 1.29 is 4.79 Å². The summed E-state index contributed by atoms with van der Waals surface area (Å²) < 4.78 is 0. The van der Waals surface area contributed by atoms with Crippen LogP contribution in [0.25, 0.3) is 0 Å². The highest BCUT2D eigenvalue weighted by Crippen LogP contribution is 2.40. The Morgan fingerprint density at radius 1 is 1.32 bits per heavy atom. The van der Waals surface area contributed by atoms with E-state index in [1.165, 1.54) is 25.7 Å². The Balaban J connectivity index is 1.76. The topological polar surface area (TPSA) is 20.3 Å². The molecule has 2 nitrogen and oxygen atoms in total. The Morgan fingerprint density at radius 3 is 2.91 bits per heavy atom. The van der Waals surface area contributed by atoms with E-state index < -0.39 is 0 Å². The van der Waals surface area contributed by atoms with Crippen LogP contribution in [0.2, 0.25) is 5.02 Å². The summed E-state index contributed by atoms with van der Waals surface area (Å²) in [6.45, 7) is 3.36. The molecule has 118 valence electrons. The standard InChI is InChI=1S/C19H24ClNO/c1-2-21(13-16-7-3-4-9-18(16)20)19(22)17-11-10-14-6-5-8-15(17)12-14/h3-4,7,9,11,14-15H,2,5-6,8,10,12-13H2,1H3. The van der Waals surface area contributed by atoms with Crippen LogP contribution in [0.5, 0.6) is 0 Å². The van der Waals surface area contributed by atoms with Crippen LogP contribution in [0.15, 0.2) is 35.9 Å². The monoisotopic (exact) mass is 317 g/mol. The summed E-state index contributed by atoms with van der Waals surface area (Å²) in [5.41, 5.74) is 2.09. The van der Waals surface area contributed by atoms with E-state index in [1.54, 1.807) is 0 Å². The predicted molar refractivity (Wildman–Crippen MR) is 90.7 cm³/mol. The van der Waals surface area contributed by atoms with Crippen LogP contribution in [0, 0.1) is 11.8 Å². The van der Waals surface area contributed by atoms with Crippen LogP contribution in [0.4, 0.5) is 0 Å². The van der Waals surface area contributed by atoms with Crippen molar-refractivity contribution in [3.63, 3.8) is 0 Å². The number of amides is 1. The second kappa shape index (κ2) is 6.87. The fourth-order valence-electron chi connectivity index (χ4n) is 3.85. The molecular formula is C19H24ClNO. The highest BCUT2D eigenvalue weighted by Gasteiger charge is 2.32. The summed E-state index contributed by atoms with van der Waals surface area (Å²) in [6.07, 6.45) is 8.30. The maximum Gasteiger partial charge on any atom is 0.250 e. The van der Waals surface area contributed by atoms with E-state index in [-0.39, 0.29) is 5.91 Å². The van der Waals surface area contributed by atoms with E-state index in [0.717, 1.165) is 35.0 Å². The van der Waals surface area contributed by atoms with Gasteiger partial charge in [0.25, 0.3) is 0 Å². The number of allylic oxidation sites excluding steroid dienone is 1. The van der Waals surface area contributed by atoms with Crippen LogP contribution in [0.1, 0.15) is 44.6 Å². The molecule has 1 amide bonds. The van der Waals surface area contributed by atoms with Gasteiger partial charge in [0.1, 0.15) is 0 Å². The first-order valence-electron chi connectivity index (χ1n) is 8.41. The summed E-state index contributed by atoms with van der Waals surface area (Å²) >= 11 is 6.25. The lowest BCUT2D eigenvalue weighted by Crippen LogP contribution is -2.36. The molecule has 0 aliphatic heterocycles. The Labute approximate surface area is 138 Å². The molecule has 1 aromatic rings. The van der Waals surface area contributed by atoms with Crippen LogP contribution in [0.3, 0.4) is 0 Å². The zero-order valence-electron chi connectivity index (χ0n) is 13.2. The van der Waals surface area contributed by atoms with E-state index in [2.05, 4.69) is 6.08 Å². The van der Waals surface area contributed by atoms with Crippen molar-refractivity contribution >= 4 is 17.5 Å². The Bertz CT molecular complexity index is 581. The van der Waals surface area contributed by atoms with Gasteiger partial charge in [0.2, 0.25) is 5.91 Å². The number of hydrogen-bond acceptors (Lipinski definition) is 1. The van der Waals surface area contributed by atoms with Crippen molar-refractivity contribution in [1.82, 2.24) is 4.90 Å². The molecule has 0 N–H and O–H groups in total. The Hall–Kier alpha value is -1.28. The van der Waals surface area contributed by atoms with Crippen LogP contribution in [-0.4, -0.2) is 17.4 Å². The quantitative estimate of drug-likeness (QED) is 0.779. The molecule has 1 saturated carbocycles. The number of fused-ring (bicyclic) bond motifs is 2. The molecule has 0 radical (unpaired) electrons. The number of carbonyl (C=O) groups is 1. The van der Waals surface area contributed by atoms with Gasteiger partial charge in [-0.25, -0.2) is 0 Å². The number of rotatable bonds is 4. The molecule has 2 aliphatic rings. The Morgan fingerprint density at radius 2 is 2.14 bits per heavy atom. The molecule has 2 atom stereocenters. The Kier molecular flexibility index (Phi) is 4.87. The molecule has 2 aliphatic carbocycles.